The maximum atomic E-state index is 13.1. The van der Waals surface area contributed by atoms with Gasteiger partial charge in [-0.25, -0.2) is 4.98 Å². The van der Waals surface area contributed by atoms with Crippen LogP contribution in [0.15, 0.2) is 33.5 Å². The van der Waals surface area contributed by atoms with E-state index in [-0.39, 0.29) is 17.9 Å². The van der Waals surface area contributed by atoms with Gasteiger partial charge in [0.05, 0.1) is 18.5 Å². The van der Waals surface area contributed by atoms with Crippen molar-refractivity contribution < 1.29 is 4.79 Å². The monoisotopic (exact) mass is 433 g/mol. The number of carbonyl (C=O) groups excluding carboxylic acids is 1. The molecule has 1 aromatic carbocycles. The smallest absolute Gasteiger partial charge is 0.263 e. The topological polar surface area (TPSA) is 55.2 Å². The quantitative estimate of drug-likeness (QED) is 0.574. The number of ketones is 1. The number of fused-ring (bicyclic) bond motifs is 1. The fourth-order valence-corrected chi connectivity index (χ4v) is 4.11. The highest BCUT2D eigenvalue weighted by Gasteiger charge is 2.19. The fourth-order valence-electron chi connectivity index (χ4n) is 2.81. The van der Waals surface area contributed by atoms with Crippen LogP contribution < -0.4 is 5.56 Å². The van der Waals surface area contributed by atoms with Gasteiger partial charge < -0.3 is 4.90 Å². The number of benzene rings is 1. The molecule has 0 spiro atoms. The van der Waals surface area contributed by atoms with Gasteiger partial charge in [-0.1, -0.05) is 28.1 Å². The second-order valence-electron chi connectivity index (χ2n) is 6.55. The number of aryl methyl sites for hydroxylation is 2. The molecular weight excluding hydrogens is 414 g/mol. The number of halogens is 1. The van der Waals surface area contributed by atoms with E-state index in [0.717, 1.165) is 19.7 Å². The fraction of sp³-hybridized carbons (Fsp3) is 0.316. The maximum absolute atomic E-state index is 13.1. The predicted octanol–water partition coefficient (Wildman–Crippen LogP) is 3.78. The summed E-state index contributed by atoms with van der Waals surface area (Å²) in [4.78, 5) is 34.3. The van der Waals surface area contributed by atoms with Crippen LogP contribution >= 0.6 is 27.3 Å². The van der Waals surface area contributed by atoms with E-state index in [1.807, 2.05) is 45.0 Å². The summed E-state index contributed by atoms with van der Waals surface area (Å²) in [5, 5.41) is 0.624. The molecule has 0 amide bonds. The first-order valence-corrected chi connectivity index (χ1v) is 9.81. The van der Waals surface area contributed by atoms with Crippen LogP contribution in [0.4, 0.5) is 0 Å². The van der Waals surface area contributed by atoms with Gasteiger partial charge in [-0.3, -0.25) is 14.2 Å². The molecule has 0 saturated carbocycles. The van der Waals surface area contributed by atoms with Crippen LogP contribution in [0.5, 0.6) is 0 Å². The Kier molecular flexibility index (Phi) is 5.41. The zero-order chi connectivity index (χ0) is 19.0. The van der Waals surface area contributed by atoms with Crippen LogP contribution in [0.1, 0.15) is 26.6 Å². The molecule has 0 N–H and O–H groups in total. The Morgan fingerprint density at radius 2 is 1.88 bits per heavy atom. The second kappa shape index (κ2) is 7.42. The summed E-state index contributed by atoms with van der Waals surface area (Å²) in [5.74, 6) is 0.504. The summed E-state index contributed by atoms with van der Waals surface area (Å²) >= 11 is 4.89. The first kappa shape index (κ1) is 18.9. The highest BCUT2D eigenvalue weighted by atomic mass is 79.9. The average molecular weight is 434 g/mol. The van der Waals surface area contributed by atoms with Crippen LogP contribution in [0.3, 0.4) is 0 Å². The maximum Gasteiger partial charge on any atom is 0.263 e. The molecule has 0 aliphatic carbocycles. The van der Waals surface area contributed by atoms with Crippen molar-refractivity contribution >= 4 is 43.3 Å². The minimum atomic E-state index is -0.140. The molecule has 3 rings (SSSR count). The first-order chi connectivity index (χ1) is 12.3. The van der Waals surface area contributed by atoms with Crippen molar-refractivity contribution in [3.8, 4) is 0 Å². The van der Waals surface area contributed by atoms with Gasteiger partial charge in [0, 0.05) is 14.9 Å². The average Bonchev–Trinajstić information content (AvgIpc) is 2.85. The summed E-state index contributed by atoms with van der Waals surface area (Å²) in [6, 6.07) is 7.17. The molecule has 0 saturated heterocycles. The van der Waals surface area contributed by atoms with Crippen LogP contribution in [-0.4, -0.2) is 34.3 Å². The SMILES string of the molecule is Cc1sc2nc(CN(C)C)n(CC(=O)c3ccc(Br)cc3)c(=O)c2c1C. The van der Waals surface area contributed by atoms with E-state index in [0.29, 0.717) is 23.3 Å². The van der Waals surface area contributed by atoms with E-state index in [1.54, 1.807) is 12.1 Å². The summed E-state index contributed by atoms with van der Waals surface area (Å²) in [5.41, 5.74) is 1.39. The van der Waals surface area contributed by atoms with Crippen LogP contribution in [0.25, 0.3) is 10.2 Å². The van der Waals surface area contributed by atoms with Gasteiger partial charge in [-0.2, -0.15) is 0 Å². The third kappa shape index (κ3) is 3.65. The van der Waals surface area contributed by atoms with Gasteiger partial charge in [0.15, 0.2) is 5.78 Å². The number of rotatable bonds is 5. The second-order valence-corrected chi connectivity index (χ2v) is 8.67. The van der Waals surface area contributed by atoms with Crippen LogP contribution in [0, 0.1) is 13.8 Å². The largest absolute Gasteiger partial charge is 0.302 e. The minimum Gasteiger partial charge on any atom is -0.302 e. The Morgan fingerprint density at radius 3 is 2.50 bits per heavy atom. The van der Waals surface area contributed by atoms with Crippen molar-refractivity contribution in [3.63, 3.8) is 0 Å². The van der Waals surface area contributed by atoms with E-state index in [1.165, 1.54) is 15.9 Å². The lowest BCUT2D eigenvalue weighted by molar-refractivity contribution is 0.0968. The van der Waals surface area contributed by atoms with Crippen molar-refractivity contribution in [1.82, 2.24) is 14.5 Å². The Balaban J connectivity index is 2.11. The van der Waals surface area contributed by atoms with Gasteiger partial charge >= 0.3 is 0 Å². The van der Waals surface area contributed by atoms with Crippen molar-refractivity contribution in [2.24, 2.45) is 0 Å². The first-order valence-electron chi connectivity index (χ1n) is 8.21. The molecule has 0 aliphatic rings. The number of nitrogens with zero attached hydrogens (tertiary/aromatic N) is 3. The molecule has 0 radical (unpaired) electrons. The number of aromatic nitrogens is 2. The van der Waals surface area contributed by atoms with Crippen molar-refractivity contribution in [2.45, 2.75) is 26.9 Å². The van der Waals surface area contributed by atoms with Crippen molar-refractivity contribution in [3.05, 3.63) is 60.9 Å². The molecule has 26 heavy (non-hydrogen) atoms. The third-order valence-electron chi connectivity index (χ3n) is 4.29. The lowest BCUT2D eigenvalue weighted by Crippen LogP contribution is -2.31. The molecule has 3 aromatic rings. The van der Waals surface area contributed by atoms with E-state index in [4.69, 9.17) is 4.98 Å². The highest BCUT2D eigenvalue weighted by molar-refractivity contribution is 9.10. The number of hydrogen-bond donors (Lipinski definition) is 0. The minimum absolute atomic E-state index is 0.0130. The Labute approximate surface area is 164 Å². The Bertz CT molecular complexity index is 1040. The number of carbonyl (C=O) groups is 1. The van der Waals surface area contributed by atoms with Crippen LogP contribution in [-0.2, 0) is 13.1 Å². The standard InChI is InChI=1S/C19H20BrN3O2S/c1-11-12(2)26-18-17(11)19(25)23(16(21-18)10-22(3)4)9-15(24)13-5-7-14(20)8-6-13/h5-8H,9-10H2,1-4H3. The highest BCUT2D eigenvalue weighted by Crippen LogP contribution is 2.26. The molecule has 0 bridgehead atoms. The summed E-state index contributed by atoms with van der Waals surface area (Å²) in [7, 11) is 3.84. The molecule has 2 aromatic heterocycles. The van der Waals surface area contributed by atoms with Gasteiger partial charge in [-0.15, -0.1) is 11.3 Å². The molecule has 2 heterocycles. The van der Waals surface area contributed by atoms with Gasteiger partial charge in [0.25, 0.3) is 5.56 Å². The van der Waals surface area contributed by atoms with Crippen molar-refractivity contribution in [2.75, 3.05) is 14.1 Å². The van der Waals surface area contributed by atoms with Gasteiger partial charge in [0.1, 0.15) is 10.7 Å². The lowest BCUT2D eigenvalue weighted by Gasteiger charge is -2.15. The lowest BCUT2D eigenvalue weighted by atomic mass is 10.1. The Morgan fingerprint density at radius 1 is 1.23 bits per heavy atom. The molecule has 7 heteroatoms. The molecule has 5 nitrogen and oxygen atoms in total. The molecule has 0 atom stereocenters. The van der Waals surface area contributed by atoms with Crippen LogP contribution in [0.2, 0.25) is 0 Å². The summed E-state index contributed by atoms with van der Waals surface area (Å²) < 4.78 is 2.43. The zero-order valence-corrected chi connectivity index (χ0v) is 17.6. The molecule has 0 unspecified atom stereocenters. The van der Waals surface area contributed by atoms with Crippen molar-refractivity contribution in [1.29, 1.82) is 0 Å². The molecular formula is C19H20BrN3O2S. The molecule has 136 valence electrons. The normalized spacial score (nSPS) is 11.5. The van der Waals surface area contributed by atoms with E-state index in [2.05, 4.69) is 15.9 Å². The third-order valence-corrected chi connectivity index (χ3v) is 5.92. The van der Waals surface area contributed by atoms with E-state index in [9.17, 15) is 9.59 Å². The number of thiophene rings is 1. The number of hydrogen-bond acceptors (Lipinski definition) is 5. The van der Waals surface area contributed by atoms with Gasteiger partial charge in [0.2, 0.25) is 0 Å². The summed E-state index contributed by atoms with van der Waals surface area (Å²) in [6.45, 7) is 4.41. The summed E-state index contributed by atoms with van der Waals surface area (Å²) in [6.07, 6.45) is 0. The molecule has 0 aliphatic heterocycles. The predicted molar refractivity (Wildman–Crippen MR) is 109 cm³/mol. The zero-order valence-electron chi connectivity index (χ0n) is 15.2. The van der Waals surface area contributed by atoms with E-state index < -0.39 is 0 Å². The Hall–Kier alpha value is -1.83. The van der Waals surface area contributed by atoms with Gasteiger partial charge in [-0.05, 0) is 45.6 Å². The van der Waals surface area contributed by atoms with E-state index >= 15 is 0 Å². The number of Topliss-reactive ketones (excluding diaryl/α,β-unsaturated/α-hetero) is 1. The molecule has 0 fully saturated rings.